The van der Waals surface area contributed by atoms with Gasteiger partial charge in [-0.1, -0.05) is 13.8 Å². The summed E-state index contributed by atoms with van der Waals surface area (Å²) in [7, 11) is 1.56. The van der Waals surface area contributed by atoms with Crippen LogP contribution in [0.2, 0.25) is 0 Å². The molecule has 1 saturated heterocycles. The molecule has 1 amide bonds. The Bertz CT molecular complexity index is 325. The lowest BCUT2D eigenvalue weighted by molar-refractivity contribution is -0.140. The van der Waals surface area contributed by atoms with E-state index >= 15 is 0 Å². The molecule has 0 aromatic heterocycles. The molecular formula is C14H26N2O4. The van der Waals surface area contributed by atoms with Crippen LogP contribution in [0.25, 0.3) is 0 Å². The van der Waals surface area contributed by atoms with Crippen molar-refractivity contribution in [3.63, 3.8) is 0 Å². The number of ether oxygens (including phenoxy) is 1. The van der Waals surface area contributed by atoms with Gasteiger partial charge in [0.25, 0.3) is 0 Å². The van der Waals surface area contributed by atoms with Gasteiger partial charge in [0.15, 0.2) is 0 Å². The highest BCUT2D eigenvalue weighted by Crippen LogP contribution is 2.20. The van der Waals surface area contributed by atoms with Gasteiger partial charge in [-0.15, -0.1) is 0 Å². The summed E-state index contributed by atoms with van der Waals surface area (Å²) in [5.74, 6) is 0.110. The van der Waals surface area contributed by atoms with Crippen LogP contribution in [-0.2, 0) is 14.3 Å². The van der Waals surface area contributed by atoms with E-state index < -0.39 is 5.97 Å². The number of piperidine rings is 1. The van der Waals surface area contributed by atoms with Crippen molar-refractivity contribution in [2.24, 2.45) is 11.8 Å². The van der Waals surface area contributed by atoms with Crippen LogP contribution in [0.4, 0.5) is 0 Å². The lowest BCUT2D eigenvalue weighted by Crippen LogP contribution is -2.48. The SMILES string of the molecule is COCCN(CC(=O)O)CC(=O)N1CC(C)CC(C)C1. The standard InChI is InChI=1S/C14H26N2O4/c1-11-6-12(2)8-16(7-11)13(17)9-15(4-5-20-3)10-14(18)19/h11-12H,4-10H2,1-3H3,(H,18,19). The zero-order valence-corrected chi connectivity index (χ0v) is 12.7. The number of carbonyl (C=O) groups excluding carboxylic acids is 1. The molecule has 6 nitrogen and oxygen atoms in total. The highest BCUT2D eigenvalue weighted by Gasteiger charge is 2.26. The summed E-state index contributed by atoms with van der Waals surface area (Å²) in [4.78, 5) is 26.6. The summed E-state index contributed by atoms with van der Waals surface area (Å²) in [6, 6.07) is 0. The highest BCUT2D eigenvalue weighted by atomic mass is 16.5. The van der Waals surface area contributed by atoms with Crippen LogP contribution in [0.5, 0.6) is 0 Å². The number of nitrogens with zero attached hydrogens (tertiary/aromatic N) is 2. The number of methoxy groups -OCH3 is 1. The molecule has 1 aliphatic rings. The Morgan fingerprint density at radius 3 is 2.35 bits per heavy atom. The van der Waals surface area contributed by atoms with Gasteiger partial charge in [-0.2, -0.15) is 0 Å². The minimum absolute atomic E-state index is 0.0146. The molecule has 0 spiro atoms. The van der Waals surface area contributed by atoms with Gasteiger partial charge in [0, 0.05) is 26.7 Å². The Balaban J connectivity index is 2.53. The van der Waals surface area contributed by atoms with Gasteiger partial charge in [0.1, 0.15) is 0 Å². The number of aliphatic carboxylic acids is 1. The Labute approximate surface area is 120 Å². The van der Waals surface area contributed by atoms with E-state index in [1.54, 1.807) is 12.0 Å². The Hall–Kier alpha value is -1.14. The Morgan fingerprint density at radius 2 is 1.85 bits per heavy atom. The van der Waals surface area contributed by atoms with Gasteiger partial charge in [-0.05, 0) is 18.3 Å². The normalized spacial score (nSPS) is 23.1. The second-order valence-electron chi connectivity index (χ2n) is 5.84. The van der Waals surface area contributed by atoms with Gasteiger partial charge in [-0.25, -0.2) is 0 Å². The highest BCUT2D eigenvalue weighted by molar-refractivity contribution is 5.79. The minimum Gasteiger partial charge on any atom is -0.480 e. The Kier molecular flexibility index (Phi) is 6.95. The summed E-state index contributed by atoms with van der Waals surface area (Å²) in [6.45, 7) is 6.73. The molecule has 116 valence electrons. The van der Waals surface area contributed by atoms with Crippen LogP contribution in [0.1, 0.15) is 20.3 Å². The van der Waals surface area contributed by atoms with Crippen LogP contribution < -0.4 is 0 Å². The molecule has 0 aliphatic carbocycles. The van der Waals surface area contributed by atoms with E-state index in [0.717, 1.165) is 19.5 Å². The number of hydrogen-bond acceptors (Lipinski definition) is 4. The number of rotatable bonds is 7. The second kappa shape index (κ2) is 8.21. The third-order valence-electron chi connectivity index (χ3n) is 3.55. The molecular weight excluding hydrogens is 260 g/mol. The summed E-state index contributed by atoms with van der Waals surface area (Å²) in [5, 5.41) is 8.88. The van der Waals surface area contributed by atoms with Crippen LogP contribution in [-0.4, -0.2) is 73.2 Å². The topological polar surface area (TPSA) is 70.1 Å². The summed E-state index contributed by atoms with van der Waals surface area (Å²) >= 11 is 0. The van der Waals surface area contributed by atoms with Gasteiger partial charge in [0.2, 0.25) is 5.91 Å². The van der Waals surface area contributed by atoms with Crippen molar-refractivity contribution in [1.82, 2.24) is 9.80 Å². The van der Waals surface area contributed by atoms with Crippen molar-refractivity contribution >= 4 is 11.9 Å². The van der Waals surface area contributed by atoms with Gasteiger partial charge in [-0.3, -0.25) is 14.5 Å². The van der Waals surface area contributed by atoms with Crippen LogP contribution in [0, 0.1) is 11.8 Å². The van der Waals surface area contributed by atoms with Crippen molar-refractivity contribution < 1.29 is 19.4 Å². The molecule has 6 heteroatoms. The van der Waals surface area contributed by atoms with Crippen molar-refractivity contribution in [3.8, 4) is 0 Å². The number of hydrogen-bond donors (Lipinski definition) is 1. The Morgan fingerprint density at radius 1 is 1.25 bits per heavy atom. The van der Waals surface area contributed by atoms with E-state index in [0.29, 0.717) is 25.0 Å². The molecule has 2 unspecified atom stereocenters. The second-order valence-corrected chi connectivity index (χ2v) is 5.84. The molecule has 1 fully saturated rings. The predicted molar refractivity (Wildman–Crippen MR) is 75.5 cm³/mol. The van der Waals surface area contributed by atoms with Crippen LogP contribution in [0.3, 0.4) is 0 Å². The largest absolute Gasteiger partial charge is 0.480 e. The number of likely N-dealkylation sites (tertiary alicyclic amines) is 1. The smallest absolute Gasteiger partial charge is 0.317 e. The third-order valence-corrected chi connectivity index (χ3v) is 3.55. The molecule has 0 aromatic rings. The van der Waals surface area contributed by atoms with E-state index in [-0.39, 0.29) is 19.0 Å². The van der Waals surface area contributed by atoms with Crippen LogP contribution >= 0.6 is 0 Å². The van der Waals surface area contributed by atoms with Crippen molar-refractivity contribution in [2.75, 3.05) is 46.4 Å². The summed E-state index contributed by atoms with van der Waals surface area (Å²) in [6.07, 6.45) is 1.15. The average Bonchev–Trinajstić information content (AvgIpc) is 2.34. The fraction of sp³-hybridized carbons (Fsp3) is 0.857. The summed E-state index contributed by atoms with van der Waals surface area (Å²) in [5.41, 5.74) is 0. The van der Waals surface area contributed by atoms with Gasteiger partial charge >= 0.3 is 5.97 Å². The first-order chi connectivity index (χ1) is 9.42. The van der Waals surface area contributed by atoms with Crippen molar-refractivity contribution in [3.05, 3.63) is 0 Å². The maximum Gasteiger partial charge on any atom is 0.317 e. The maximum atomic E-state index is 12.3. The number of carboxylic acids is 1. The number of amides is 1. The zero-order valence-electron chi connectivity index (χ0n) is 12.7. The molecule has 0 aromatic carbocycles. The molecule has 0 radical (unpaired) electrons. The first kappa shape index (κ1) is 16.9. The number of carboxylic acid groups (broad SMARTS) is 1. The average molecular weight is 286 g/mol. The monoisotopic (exact) mass is 286 g/mol. The van der Waals surface area contributed by atoms with E-state index in [1.165, 1.54) is 0 Å². The molecule has 0 saturated carbocycles. The van der Waals surface area contributed by atoms with Crippen LogP contribution in [0.15, 0.2) is 0 Å². The molecule has 2 atom stereocenters. The van der Waals surface area contributed by atoms with Gasteiger partial charge in [0.05, 0.1) is 19.7 Å². The molecule has 20 heavy (non-hydrogen) atoms. The molecule has 1 heterocycles. The van der Waals surface area contributed by atoms with E-state index in [2.05, 4.69) is 13.8 Å². The first-order valence-corrected chi connectivity index (χ1v) is 7.13. The van der Waals surface area contributed by atoms with E-state index in [4.69, 9.17) is 9.84 Å². The van der Waals surface area contributed by atoms with Crippen molar-refractivity contribution in [1.29, 1.82) is 0 Å². The minimum atomic E-state index is -0.922. The molecule has 1 aliphatic heterocycles. The molecule has 0 bridgehead atoms. The molecule has 1 N–H and O–H groups in total. The first-order valence-electron chi connectivity index (χ1n) is 7.13. The quantitative estimate of drug-likeness (QED) is 0.739. The third kappa shape index (κ3) is 5.88. The molecule has 1 rings (SSSR count). The van der Waals surface area contributed by atoms with E-state index in [9.17, 15) is 9.59 Å². The lowest BCUT2D eigenvalue weighted by atomic mass is 9.92. The van der Waals surface area contributed by atoms with E-state index in [1.807, 2.05) is 4.90 Å². The predicted octanol–water partition coefficient (Wildman–Crippen LogP) is 0.524. The summed E-state index contributed by atoms with van der Waals surface area (Å²) < 4.78 is 4.96. The fourth-order valence-corrected chi connectivity index (χ4v) is 2.78. The number of carbonyl (C=O) groups is 2. The lowest BCUT2D eigenvalue weighted by Gasteiger charge is -2.36. The fourth-order valence-electron chi connectivity index (χ4n) is 2.78. The van der Waals surface area contributed by atoms with Crippen molar-refractivity contribution in [2.45, 2.75) is 20.3 Å². The van der Waals surface area contributed by atoms with Gasteiger partial charge < -0.3 is 14.7 Å². The zero-order chi connectivity index (χ0) is 15.1. The maximum absolute atomic E-state index is 12.3.